The van der Waals surface area contributed by atoms with E-state index in [9.17, 15) is 19.5 Å². The molecule has 0 aliphatic carbocycles. The normalized spacial score (nSPS) is 40.6. The summed E-state index contributed by atoms with van der Waals surface area (Å²) in [6, 6.07) is 3.28. The SMILES string of the molecule is CC[C@H]1OC(=O)[C@H](C)[C@H]2OC/C(=N/OCc3ccc4ncoc4n3)CO[C@](C)(C[C@@H](C)C(=O)[C@H](C)[C@@H]3CC(=O)O[C@]13C)[C@H](O[C@@H]1O[C@H](C)C[C@H](N(C)C)[C@H]1O)[C@H]2C. The second-order valence-electron chi connectivity index (χ2n) is 17.2. The van der Waals surface area contributed by atoms with Crippen LogP contribution in [-0.2, 0) is 54.2 Å². The Morgan fingerprint density at radius 2 is 1.81 bits per heavy atom. The third kappa shape index (κ3) is 8.91. The Bertz CT molecular complexity index is 1790. The first kappa shape index (κ1) is 43.0. The number of oxime groups is 1. The third-order valence-electron chi connectivity index (χ3n) is 12.7. The number of Topliss-reactive ketones (excluding diaryl/α,β-unsaturated/α-hetero) is 1. The second kappa shape index (κ2) is 17.4. The molecular formula is C41H60N4O12. The first-order chi connectivity index (χ1) is 26.9. The minimum atomic E-state index is -1.25. The number of ketones is 1. The van der Waals surface area contributed by atoms with Crippen molar-refractivity contribution in [3.63, 3.8) is 0 Å². The lowest BCUT2D eigenvalue weighted by Gasteiger charge is -2.48. The van der Waals surface area contributed by atoms with Crippen LogP contribution in [0.25, 0.3) is 11.2 Å². The Hall–Kier alpha value is -3.54. The highest BCUT2D eigenvalue weighted by molar-refractivity contribution is 5.87. The highest BCUT2D eigenvalue weighted by Gasteiger charge is 2.57. The van der Waals surface area contributed by atoms with Crippen molar-refractivity contribution in [3.05, 3.63) is 24.2 Å². The van der Waals surface area contributed by atoms with Crippen LogP contribution in [0, 0.1) is 29.6 Å². The molecule has 4 saturated heterocycles. The molecule has 14 atom stereocenters. The van der Waals surface area contributed by atoms with Gasteiger partial charge in [0.2, 0.25) is 5.71 Å². The number of ether oxygens (including phenoxy) is 6. The molecule has 1 N–H and O–H groups in total. The Labute approximate surface area is 334 Å². The number of oxazole rings is 1. The molecule has 316 valence electrons. The molecule has 0 spiro atoms. The maximum absolute atomic E-state index is 14.5. The number of carbonyl (C=O) groups excluding carboxylic acids is 3. The summed E-state index contributed by atoms with van der Waals surface area (Å²) in [5, 5.41) is 16.1. The maximum atomic E-state index is 14.5. The van der Waals surface area contributed by atoms with E-state index in [1.54, 1.807) is 26.0 Å². The minimum absolute atomic E-state index is 0.0141. The number of fused-ring (bicyclic) bond motifs is 5. The monoisotopic (exact) mass is 800 g/mol. The molecule has 4 aliphatic rings. The molecule has 0 aromatic carbocycles. The molecule has 6 rings (SSSR count). The number of pyridine rings is 1. The van der Waals surface area contributed by atoms with Gasteiger partial charge in [0.25, 0.3) is 0 Å². The number of nitrogens with zero attached hydrogens (tertiary/aromatic N) is 4. The summed E-state index contributed by atoms with van der Waals surface area (Å²) >= 11 is 0. The number of aliphatic hydroxyl groups is 1. The van der Waals surface area contributed by atoms with Crippen LogP contribution in [0.1, 0.15) is 86.8 Å². The summed E-state index contributed by atoms with van der Waals surface area (Å²) in [5.74, 6) is -4.32. The molecule has 2 bridgehead atoms. The van der Waals surface area contributed by atoms with Crippen LogP contribution < -0.4 is 0 Å². The summed E-state index contributed by atoms with van der Waals surface area (Å²) in [5.41, 5.74) is -0.535. The minimum Gasteiger partial charge on any atom is -0.458 e. The van der Waals surface area contributed by atoms with Crippen molar-refractivity contribution in [2.75, 3.05) is 27.3 Å². The molecule has 2 aromatic heterocycles. The topological polar surface area (TPSA) is 191 Å². The Morgan fingerprint density at radius 3 is 2.53 bits per heavy atom. The predicted molar refractivity (Wildman–Crippen MR) is 204 cm³/mol. The van der Waals surface area contributed by atoms with Crippen molar-refractivity contribution < 1.29 is 57.2 Å². The van der Waals surface area contributed by atoms with Crippen molar-refractivity contribution in [2.24, 2.45) is 34.7 Å². The molecule has 0 radical (unpaired) electrons. The van der Waals surface area contributed by atoms with Crippen LogP contribution in [0.15, 0.2) is 28.1 Å². The van der Waals surface area contributed by atoms with Crippen molar-refractivity contribution >= 4 is 34.7 Å². The summed E-state index contributed by atoms with van der Waals surface area (Å²) in [7, 11) is 3.80. The van der Waals surface area contributed by atoms with E-state index in [1.165, 1.54) is 6.39 Å². The fourth-order valence-electron chi connectivity index (χ4n) is 9.46. The average molecular weight is 801 g/mol. The van der Waals surface area contributed by atoms with Crippen LogP contribution in [0.5, 0.6) is 0 Å². The highest BCUT2D eigenvalue weighted by atomic mass is 16.7. The summed E-state index contributed by atoms with van der Waals surface area (Å²) < 4.78 is 44.2. The number of hydrogen-bond acceptors (Lipinski definition) is 16. The number of esters is 2. The number of aliphatic hydroxyl groups excluding tert-OH is 1. The predicted octanol–water partition coefficient (Wildman–Crippen LogP) is 4.24. The van der Waals surface area contributed by atoms with Gasteiger partial charge in [0, 0.05) is 29.7 Å². The lowest BCUT2D eigenvalue weighted by molar-refractivity contribution is -0.302. The molecular weight excluding hydrogens is 740 g/mol. The van der Waals surface area contributed by atoms with E-state index >= 15 is 0 Å². The summed E-state index contributed by atoms with van der Waals surface area (Å²) in [6.45, 7) is 14.6. The van der Waals surface area contributed by atoms with E-state index in [1.807, 2.05) is 60.5 Å². The summed E-state index contributed by atoms with van der Waals surface area (Å²) in [6.07, 6.45) is -2.44. The smallest absolute Gasteiger partial charge is 0.311 e. The standard InChI is InChI=1S/C41H60N4O12/c1-11-31-41(8)28(15-32(46)57-41)23(4)33(47)21(2)16-40(7)36(56-39-34(48)30(45(9)10)14-22(3)54-39)24(5)35(25(6)38(49)55-31)50-17-27(18-52-40)44-53-19-26-12-13-29-37(43-26)51-20-42-29/h12-13,20-25,28,30-31,34-36,39,48H,11,14-19H2,1-10H3/b44-27-/t21-,22-,23-,24+,25-,28+,30+,31-,34-,35+,36-,39+,40-,41+/m1/s1. The molecule has 6 heterocycles. The average Bonchev–Trinajstić information content (AvgIpc) is 3.77. The van der Waals surface area contributed by atoms with Gasteiger partial charge in [0.1, 0.15) is 34.8 Å². The highest BCUT2D eigenvalue weighted by Crippen LogP contribution is 2.46. The van der Waals surface area contributed by atoms with Crippen LogP contribution >= 0.6 is 0 Å². The van der Waals surface area contributed by atoms with E-state index < -0.39 is 83.4 Å². The van der Waals surface area contributed by atoms with Gasteiger partial charge in [-0.15, -0.1) is 0 Å². The van der Waals surface area contributed by atoms with Crippen LogP contribution in [0.2, 0.25) is 0 Å². The third-order valence-corrected chi connectivity index (χ3v) is 12.7. The molecule has 0 saturated carbocycles. The fraction of sp³-hybridized carbons (Fsp3) is 0.756. The number of likely N-dealkylation sites (N-methyl/N-ethyl adjacent to an activating group) is 1. The molecule has 16 heteroatoms. The van der Waals surface area contributed by atoms with Crippen LogP contribution in [0.3, 0.4) is 0 Å². The van der Waals surface area contributed by atoms with Gasteiger partial charge >= 0.3 is 11.9 Å². The number of rotatable bonds is 7. The van der Waals surface area contributed by atoms with Crippen molar-refractivity contribution in [3.8, 4) is 0 Å². The fourth-order valence-corrected chi connectivity index (χ4v) is 9.46. The lowest BCUT2D eigenvalue weighted by atomic mass is 9.70. The Kier molecular flexibility index (Phi) is 13.1. The zero-order valence-electron chi connectivity index (χ0n) is 34.8. The van der Waals surface area contributed by atoms with Gasteiger partial charge in [-0.1, -0.05) is 32.9 Å². The van der Waals surface area contributed by atoms with Gasteiger partial charge in [-0.3, -0.25) is 14.4 Å². The van der Waals surface area contributed by atoms with E-state index in [-0.39, 0.29) is 50.6 Å². The first-order valence-corrected chi connectivity index (χ1v) is 20.2. The maximum Gasteiger partial charge on any atom is 0.311 e. The van der Waals surface area contributed by atoms with E-state index in [4.69, 9.17) is 37.7 Å². The zero-order valence-corrected chi connectivity index (χ0v) is 34.8. The molecule has 0 unspecified atom stereocenters. The molecule has 4 fully saturated rings. The van der Waals surface area contributed by atoms with Crippen molar-refractivity contribution in [1.29, 1.82) is 0 Å². The van der Waals surface area contributed by atoms with Crippen molar-refractivity contribution in [1.82, 2.24) is 14.9 Å². The largest absolute Gasteiger partial charge is 0.458 e. The molecule has 16 nitrogen and oxygen atoms in total. The number of cyclic esters (lactones) is 1. The molecule has 2 aromatic rings. The Balaban J connectivity index is 1.40. The van der Waals surface area contributed by atoms with Gasteiger partial charge in [-0.25, -0.2) is 9.97 Å². The second-order valence-corrected chi connectivity index (χ2v) is 17.2. The van der Waals surface area contributed by atoms with E-state index in [0.29, 0.717) is 35.5 Å². The van der Waals surface area contributed by atoms with E-state index in [2.05, 4.69) is 15.1 Å². The van der Waals surface area contributed by atoms with Crippen LogP contribution in [0.4, 0.5) is 0 Å². The zero-order chi connectivity index (χ0) is 41.4. The van der Waals surface area contributed by atoms with Crippen molar-refractivity contribution in [2.45, 2.75) is 142 Å². The summed E-state index contributed by atoms with van der Waals surface area (Å²) in [4.78, 5) is 58.0. The quantitative estimate of drug-likeness (QED) is 0.309. The lowest BCUT2D eigenvalue weighted by Crippen LogP contribution is -2.60. The molecule has 4 aliphatic heterocycles. The molecule has 0 amide bonds. The Morgan fingerprint density at radius 1 is 1.05 bits per heavy atom. The van der Waals surface area contributed by atoms with E-state index in [0.717, 1.165) is 0 Å². The van der Waals surface area contributed by atoms with Gasteiger partial charge < -0.3 is 47.7 Å². The van der Waals surface area contributed by atoms with Crippen LogP contribution in [-0.4, -0.2) is 125 Å². The van der Waals surface area contributed by atoms with Gasteiger partial charge in [0.05, 0.1) is 55.2 Å². The van der Waals surface area contributed by atoms with Gasteiger partial charge in [-0.2, -0.15) is 0 Å². The molecule has 57 heavy (non-hydrogen) atoms. The number of aromatic nitrogens is 2. The number of hydrogen-bond donors (Lipinski definition) is 1. The van der Waals surface area contributed by atoms with Gasteiger partial charge in [-0.05, 0) is 73.2 Å². The van der Waals surface area contributed by atoms with Gasteiger partial charge in [0.15, 0.2) is 19.3 Å². The first-order valence-electron chi connectivity index (χ1n) is 20.2. The number of carbonyl (C=O) groups is 3.